The molecule has 4 nitrogen and oxygen atoms in total. The van der Waals surface area contributed by atoms with E-state index in [4.69, 9.17) is 0 Å². The first-order valence-electron chi connectivity index (χ1n) is 6.94. The molecule has 2 atom stereocenters. The smallest absolute Gasteiger partial charge is 0.248 e. The Bertz CT molecular complexity index is 622. The normalized spacial score (nSPS) is 27.9. The van der Waals surface area contributed by atoms with E-state index in [2.05, 4.69) is 28.2 Å². The van der Waals surface area contributed by atoms with E-state index in [9.17, 15) is 9.59 Å². The third-order valence-corrected chi connectivity index (χ3v) is 6.19. The number of halogens is 1. The Morgan fingerprint density at radius 2 is 2.29 bits per heavy atom. The highest BCUT2D eigenvalue weighted by atomic mass is 79.9. The summed E-state index contributed by atoms with van der Waals surface area (Å²) in [6, 6.07) is 5.38. The third kappa shape index (κ3) is 2.59. The number of amides is 2. The molecule has 0 unspecified atom stereocenters. The molecular weight excluding hydrogens is 352 g/mol. The molecule has 1 N–H and O–H groups in total. The van der Waals surface area contributed by atoms with Gasteiger partial charge in [0, 0.05) is 22.3 Å². The number of rotatable bonds is 2. The lowest BCUT2D eigenvalue weighted by Gasteiger charge is -2.30. The van der Waals surface area contributed by atoms with E-state index in [1.54, 1.807) is 16.7 Å². The molecule has 3 rings (SSSR count). The van der Waals surface area contributed by atoms with Crippen LogP contribution in [0.15, 0.2) is 22.7 Å². The molecule has 2 fully saturated rings. The Morgan fingerprint density at radius 1 is 1.52 bits per heavy atom. The SMILES string of the molecule is Cc1cc(Br)ccc1NC(=O)[C@@H]1CS[C@@]2(C)CCC(=O)N12. The molecule has 1 aromatic carbocycles. The summed E-state index contributed by atoms with van der Waals surface area (Å²) in [6.07, 6.45) is 1.38. The summed E-state index contributed by atoms with van der Waals surface area (Å²) < 4.78 is 0.983. The van der Waals surface area contributed by atoms with Gasteiger partial charge in [-0.05, 0) is 44.0 Å². The molecule has 2 amide bonds. The molecule has 0 aromatic heterocycles. The van der Waals surface area contributed by atoms with E-state index in [1.807, 2.05) is 25.1 Å². The minimum Gasteiger partial charge on any atom is -0.324 e. The van der Waals surface area contributed by atoms with Gasteiger partial charge in [-0.25, -0.2) is 0 Å². The first-order valence-corrected chi connectivity index (χ1v) is 8.72. The largest absolute Gasteiger partial charge is 0.324 e. The zero-order valence-electron chi connectivity index (χ0n) is 12.0. The maximum Gasteiger partial charge on any atom is 0.248 e. The molecular formula is C15H17BrN2O2S. The molecule has 2 aliphatic heterocycles. The number of thioether (sulfide) groups is 1. The van der Waals surface area contributed by atoms with E-state index in [-0.39, 0.29) is 22.7 Å². The van der Waals surface area contributed by atoms with Crippen LogP contribution in [0.1, 0.15) is 25.3 Å². The first kappa shape index (κ1) is 14.9. The summed E-state index contributed by atoms with van der Waals surface area (Å²) >= 11 is 5.12. The van der Waals surface area contributed by atoms with Crippen molar-refractivity contribution in [2.45, 2.75) is 37.6 Å². The van der Waals surface area contributed by atoms with Crippen LogP contribution in [-0.2, 0) is 9.59 Å². The predicted octanol–water partition coefficient (Wildman–Crippen LogP) is 3.15. The minimum absolute atomic E-state index is 0.0908. The van der Waals surface area contributed by atoms with Gasteiger partial charge >= 0.3 is 0 Å². The molecule has 0 spiro atoms. The summed E-state index contributed by atoms with van der Waals surface area (Å²) in [6.45, 7) is 4.01. The van der Waals surface area contributed by atoms with E-state index in [0.29, 0.717) is 12.2 Å². The molecule has 2 aliphatic rings. The number of nitrogens with zero attached hydrogens (tertiary/aromatic N) is 1. The van der Waals surface area contributed by atoms with Crippen molar-refractivity contribution in [2.75, 3.05) is 11.1 Å². The second-order valence-electron chi connectivity index (χ2n) is 5.71. The van der Waals surface area contributed by atoms with Crippen molar-refractivity contribution in [2.24, 2.45) is 0 Å². The van der Waals surface area contributed by atoms with E-state index in [0.717, 1.165) is 22.1 Å². The number of anilines is 1. The highest BCUT2D eigenvalue weighted by Crippen LogP contribution is 2.47. The number of benzene rings is 1. The number of nitrogens with one attached hydrogen (secondary N) is 1. The number of hydrogen-bond donors (Lipinski definition) is 1. The number of hydrogen-bond acceptors (Lipinski definition) is 3. The molecule has 0 aliphatic carbocycles. The Balaban J connectivity index is 1.78. The van der Waals surface area contributed by atoms with Gasteiger partial charge in [-0.2, -0.15) is 0 Å². The molecule has 0 bridgehead atoms. The zero-order chi connectivity index (χ0) is 15.2. The molecule has 21 heavy (non-hydrogen) atoms. The van der Waals surface area contributed by atoms with E-state index >= 15 is 0 Å². The molecule has 2 saturated heterocycles. The van der Waals surface area contributed by atoms with Crippen LogP contribution in [0, 0.1) is 6.92 Å². The van der Waals surface area contributed by atoms with Crippen LogP contribution in [0.2, 0.25) is 0 Å². The van der Waals surface area contributed by atoms with Crippen LogP contribution in [0.25, 0.3) is 0 Å². The molecule has 0 saturated carbocycles. The summed E-state index contributed by atoms with van der Waals surface area (Å²) in [5.74, 6) is 0.672. The number of fused-ring (bicyclic) bond motifs is 1. The minimum atomic E-state index is -0.363. The highest BCUT2D eigenvalue weighted by molar-refractivity contribution is 9.10. The van der Waals surface area contributed by atoms with Crippen molar-refractivity contribution in [3.8, 4) is 0 Å². The fourth-order valence-corrected chi connectivity index (χ4v) is 4.91. The van der Waals surface area contributed by atoms with Gasteiger partial charge in [0.25, 0.3) is 0 Å². The van der Waals surface area contributed by atoms with E-state index in [1.165, 1.54) is 0 Å². The van der Waals surface area contributed by atoms with Gasteiger partial charge in [-0.3, -0.25) is 9.59 Å². The third-order valence-electron chi connectivity index (χ3n) is 4.19. The van der Waals surface area contributed by atoms with E-state index < -0.39 is 0 Å². The van der Waals surface area contributed by atoms with Crippen molar-refractivity contribution in [3.63, 3.8) is 0 Å². The second-order valence-corrected chi connectivity index (χ2v) is 8.13. The predicted molar refractivity (Wildman–Crippen MR) is 88.2 cm³/mol. The van der Waals surface area contributed by atoms with Gasteiger partial charge in [0.15, 0.2) is 0 Å². The average molecular weight is 369 g/mol. The quantitative estimate of drug-likeness (QED) is 0.871. The monoisotopic (exact) mass is 368 g/mol. The lowest BCUT2D eigenvalue weighted by Crippen LogP contribution is -2.48. The van der Waals surface area contributed by atoms with Crippen molar-refractivity contribution in [1.29, 1.82) is 0 Å². The molecule has 0 radical (unpaired) electrons. The number of carbonyl (C=O) groups is 2. The van der Waals surface area contributed by atoms with Gasteiger partial charge in [0.05, 0.1) is 4.87 Å². The average Bonchev–Trinajstić information content (AvgIpc) is 2.90. The maximum absolute atomic E-state index is 12.6. The highest BCUT2D eigenvalue weighted by Gasteiger charge is 2.52. The van der Waals surface area contributed by atoms with Gasteiger partial charge in [0.1, 0.15) is 6.04 Å². The Kier molecular flexibility index (Phi) is 3.78. The molecule has 1 aromatic rings. The fraction of sp³-hybridized carbons (Fsp3) is 0.467. The van der Waals surface area contributed by atoms with Crippen LogP contribution in [-0.4, -0.2) is 33.4 Å². The van der Waals surface area contributed by atoms with Gasteiger partial charge in [-0.15, -0.1) is 11.8 Å². The van der Waals surface area contributed by atoms with Crippen molar-refractivity contribution in [1.82, 2.24) is 4.90 Å². The lowest BCUT2D eigenvalue weighted by atomic mass is 10.1. The van der Waals surface area contributed by atoms with Crippen LogP contribution < -0.4 is 5.32 Å². The topological polar surface area (TPSA) is 49.4 Å². The van der Waals surface area contributed by atoms with Crippen LogP contribution >= 0.6 is 27.7 Å². The Hall–Kier alpha value is -1.01. The second kappa shape index (κ2) is 5.32. The zero-order valence-corrected chi connectivity index (χ0v) is 14.4. The van der Waals surface area contributed by atoms with Gasteiger partial charge in [0.2, 0.25) is 11.8 Å². The molecule has 112 valence electrons. The first-order chi connectivity index (χ1) is 9.90. The fourth-order valence-electron chi connectivity index (χ4n) is 3.00. The Labute approximate surface area is 136 Å². The summed E-state index contributed by atoms with van der Waals surface area (Å²) in [7, 11) is 0. The number of carbonyl (C=O) groups excluding carboxylic acids is 2. The summed E-state index contributed by atoms with van der Waals surface area (Å²) in [5.41, 5.74) is 1.80. The number of aryl methyl sites for hydroxylation is 1. The molecule has 6 heteroatoms. The van der Waals surface area contributed by atoms with Crippen LogP contribution in [0.4, 0.5) is 5.69 Å². The van der Waals surface area contributed by atoms with Crippen LogP contribution in [0.5, 0.6) is 0 Å². The summed E-state index contributed by atoms with van der Waals surface area (Å²) in [4.78, 5) is 26.2. The maximum atomic E-state index is 12.6. The van der Waals surface area contributed by atoms with Gasteiger partial charge < -0.3 is 10.2 Å². The molecule has 2 heterocycles. The lowest BCUT2D eigenvalue weighted by molar-refractivity contribution is -0.135. The van der Waals surface area contributed by atoms with Crippen LogP contribution in [0.3, 0.4) is 0 Å². The summed E-state index contributed by atoms with van der Waals surface area (Å²) in [5, 5.41) is 2.96. The van der Waals surface area contributed by atoms with Gasteiger partial charge in [-0.1, -0.05) is 15.9 Å². The standard InChI is InChI=1S/C15H17BrN2O2S/c1-9-7-10(16)3-4-11(9)17-14(20)12-8-21-15(2)6-5-13(19)18(12)15/h3-4,7,12H,5-6,8H2,1-2H3,(H,17,20)/t12-,15-/m0/s1. The van der Waals surface area contributed by atoms with Crippen molar-refractivity contribution >= 4 is 45.2 Å². The Morgan fingerprint density at radius 3 is 3.00 bits per heavy atom. The van der Waals surface area contributed by atoms with Crippen molar-refractivity contribution in [3.05, 3.63) is 28.2 Å². The van der Waals surface area contributed by atoms with Crippen molar-refractivity contribution < 1.29 is 9.59 Å².